The SMILES string of the molecule is CCOc1nc2oc(C)c(-c3cc(C)cc(C)c3)c2nc1NC(=O)N1CCNCC1. The zero-order valence-corrected chi connectivity index (χ0v) is 17.8. The van der Waals surface area contributed by atoms with Gasteiger partial charge >= 0.3 is 6.03 Å². The summed E-state index contributed by atoms with van der Waals surface area (Å²) in [5, 5.41) is 6.13. The predicted molar refractivity (Wildman–Crippen MR) is 116 cm³/mol. The van der Waals surface area contributed by atoms with E-state index in [-0.39, 0.29) is 11.9 Å². The monoisotopic (exact) mass is 409 g/mol. The highest BCUT2D eigenvalue weighted by Crippen LogP contribution is 2.36. The molecule has 158 valence electrons. The summed E-state index contributed by atoms with van der Waals surface area (Å²) in [6, 6.07) is 6.11. The van der Waals surface area contributed by atoms with Crippen molar-refractivity contribution in [2.24, 2.45) is 0 Å². The van der Waals surface area contributed by atoms with Crippen molar-refractivity contribution in [2.75, 3.05) is 38.1 Å². The van der Waals surface area contributed by atoms with Gasteiger partial charge in [-0.2, -0.15) is 4.98 Å². The highest BCUT2D eigenvalue weighted by atomic mass is 16.5. The van der Waals surface area contributed by atoms with Crippen LogP contribution in [0.15, 0.2) is 22.6 Å². The van der Waals surface area contributed by atoms with Gasteiger partial charge in [0, 0.05) is 26.2 Å². The summed E-state index contributed by atoms with van der Waals surface area (Å²) in [5.41, 5.74) is 5.21. The molecule has 2 aromatic heterocycles. The standard InChI is InChI=1S/C22H27N5O3/c1-5-29-21-19(25-22(28)27-8-6-23-7-9-27)24-18-17(15(4)30-20(18)26-21)16-11-13(2)10-14(3)12-16/h10-12,23H,5-9H2,1-4H3,(H,24,25,28). The number of carbonyl (C=O) groups excluding carboxylic acids is 1. The van der Waals surface area contributed by atoms with Crippen LogP contribution in [0.5, 0.6) is 5.88 Å². The summed E-state index contributed by atoms with van der Waals surface area (Å²) in [6.45, 7) is 11.1. The number of nitrogens with zero attached hydrogens (tertiary/aromatic N) is 3. The second-order valence-corrected chi connectivity index (χ2v) is 7.54. The van der Waals surface area contributed by atoms with Gasteiger partial charge in [-0.25, -0.2) is 9.78 Å². The van der Waals surface area contributed by atoms with E-state index in [1.54, 1.807) is 4.90 Å². The fraction of sp³-hybridized carbons (Fsp3) is 0.409. The van der Waals surface area contributed by atoms with Gasteiger partial charge in [0.15, 0.2) is 5.82 Å². The van der Waals surface area contributed by atoms with Crippen LogP contribution >= 0.6 is 0 Å². The van der Waals surface area contributed by atoms with Crippen LogP contribution in [0.3, 0.4) is 0 Å². The Kier molecular flexibility index (Phi) is 5.59. The topological polar surface area (TPSA) is 92.5 Å². The van der Waals surface area contributed by atoms with Gasteiger partial charge in [-0.05, 0) is 33.3 Å². The van der Waals surface area contributed by atoms with Crippen molar-refractivity contribution in [1.82, 2.24) is 20.2 Å². The highest BCUT2D eigenvalue weighted by molar-refractivity contribution is 5.95. The first-order chi connectivity index (χ1) is 14.5. The molecule has 1 aliphatic rings. The van der Waals surface area contributed by atoms with E-state index in [4.69, 9.17) is 14.1 Å². The van der Waals surface area contributed by atoms with Crippen LogP contribution in [0.25, 0.3) is 22.4 Å². The van der Waals surface area contributed by atoms with E-state index in [1.165, 1.54) is 0 Å². The zero-order valence-electron chi connectivity index (χ0n) is 17.8. The maximum absolute atomic E-state index is 12.7. The zero-order chi connectivity index (χ0) is 21.3. The summed E-state index contributed by atoms with van der Waals surface area (Å²) in [7, 11) is 0. The van der Waals surface area contributed by atoms with Crippen molar-refractivity contribution in [3.8, 4) is 17.0 Å². The number of carbonyl (C=O) groups is 1. The van der Waals surface area contributed by atoms with Gasteiger partial charge < -0.3 is 19.4 Å². The van der Waals surface area contributed by atoms with Gasteiger partial charge in [-0.1, -0.05) is 29.3 Å². The molecule has 8 nitrogen and oxygen atoms in total. The number of aryl methyl sites for hydroxylation is 3. The lowest BCUT2D eigenvalue weighted by molar-refractivity contribution is 0.203. The Morgan fingerprint density at radius 3 is 2.53 bits per heavy atom. The van der Waals surface area contributed by atoms with Crippen molar-refractivity contribution in [2.45, 2.75) is 27.7 Å². The number of piperazine rings is 1. The first-order valence-corrected chi connectivity index (χ1v) is 10.3. The maximum atomic E-state index is 12.7. The van der Waals surface area contributed by atoms with Gasteiger partial charge in [0.05, 0.1) is 12.2 Å². The average Bonchev–Trinajstić information content (AvgIpc) is 3.03. The Hall–Kier alpha value is -3.13. The largest absolute Gasteiger partial charge is 0.475 e. The van der Waals surface area contributed by atoms with E-state index in [0.29, 0.717) is 36.7 Å². The molecule has 4 rings (SSSR count). The number of hydrogen-bond acceptors (Lipinski definition) is 6. The molecule has 30 heavy (non-hydrogen) atoms. The number of hydrogen-bond donors (Lipinski definition) is 2. The number of benzene rings is 1. The Balaban J connectivity index is 1.78. The lowest BCUT2D eigenvalue weighted by Crippen LogP contribution is -2.48. The minimum absolute atomic E-state index is 0.209. The summed E-state index contributed by atoms with van der Waals surface area (Å²) in [4.78, 5) is 23.8. The van der Waals surface area contributed by atoms with Crippen molar-refractivity contribution >= 4 is 23.1 Å². The minimum Gasteiger partial charge on any atom is -0.475 e. The van der Waals surface area contributed by atoms with Gasteiger partial charge in [-0.3, -0.25) is 5.32 Å². The lowest BCUT2D eigenvalue weighted by atomic mass is 10.0. The molecule has 0 radical (unpaired) electrons. The van der Waals surface area contributed by atoms with Gasteiger partial charge in [0.25, 0.3) is 5.88 Å². The Morgan fingerprint density at radius 1 is 1.17 bits per heavy atom. The molecule has 3 aromatic rings. The minimum atomic E-state index is -0.209. The fourth-order valence-corrected chi connectivity index (χ4v) is 3.83. The number of fused-ring (bicyclic) bond motifs is 1. The molecule has 0 bridgehead atoms. The van der Waals surface area contributed by atoms with Crippen LogP contribution in [0.1, 0.15) is 23.8 Å². The van der Waals surface area contributed by atoms with Crippen LogP contribution in [0.4, 0.5) is 10.6 Å². The second kappa shape index (κ2) is 8.31. The van der Waals surface area contributed by atoms with E-state index in [9.17, 15) is 4.79 Å². The molecule has 0 atom stereocenters. The summed E-state index contributed by atoms with van der Waals surface area (Å²) in [5.74, 6) is 1.29. The van der Waals surface area contributed by atoms with Crippen LogP contribution in [0, 0.1) is 20.8 Å². The second-order valence-electron chi connectivity index (χ2n) is 7.54. The lowest BCUT2D eigenvalue weighted by Gasteiger charge is -2.27. The molecule has 1 fully saturated rings. The molecule has 1 saturated heterocycles. The molecule has 0 aliphatic carbocycles. The van der Waals surface area contributed by atoms with Crippen LogP contribution < -0.4 is 15.4 Å². The van der Waals surface area contributed by atoms with Crippen molar-refractivity contribution in [3.05, 3.63) is 35.1 Å². The summed E-state index contributed by atoms with van der Waals surface area (Å²) in [6.07, 6.45) is 0. The van der Waals surface area contributed by atoms with E-state index >= 15 is 0 Å². The molecule has 8 heteroatoms. The molecule has 0 unspecified atom stereocenters. The van der Waals surface area contributed by atoms with E-state index < -0.39 is 0 Å². The van der Waals surface area contributed by atoms with Crippen LogP contribution in [-0.2, 0) is 0 Å². The van der Waals surface area contributed by atoms with E-state index in [0.717, 1.165) is 41.1 Å². The molecular formula is C22H27N5O3. The molecular weight excluding hydrogens is 382 g/mol. The Labute approximate surface area is 175 Å². The molecule has 0 saturated carbocycles. The maximum Gasteiger partial charge on any atom is 0.323 e. The number of aromatic nitrogens is 2. The molecule has 3 heterocycles. The van der Waals surface area contributed by atoms with Crippen molar-refractivity contribution < 1.29 is 13.9 Å². The molecule has 2 amide bonds. The highest BCUT2D eigenvalue weighted by Gasteiger charge is 2.23. The van der Waals surface area contributed by atoms with Gasteiger partial charge in [0.1, 0.15) is 11.3 Å². The van der Waals surface area contributed by atoms with E-state index in [2.05, 4.69) is 47.7 Å². The Morgan fingerprint density at radius 2 is 1.87 bits per heavy atom. The summed E-state index contributed by atoms with van der Waals surface area (Å²) >= 11 is 0. The first-order valence-electron chi connectivity index (χ1n) is 10.3. The quantitative estimate of drug-likeness (QED) is 0.683. The number of furan rings is 1. The van der Waals surface area contributed by atoms with Gasteiger partial charge in [-0.15, -0.1) is 0 Å². The van der Waals surface area contributed by atoms with Crippen molar-refractivity contribution in [3.63, 3.8) is 0 Å². The third-order valence-corrected chi connectivity index (χ3v) is 5.09. The smallest absolute Gasteiger partial charge is 0.323 e. The summed E-state index contributed by atoms with van der Waals surface area (Å²) < 4.78 is 11.6. The number of anilines is 1. The molecule has 2 N–H and O–H groups in total. The molecule has 0 spiro atoms. The Bertz CT molecular complexity index is 1070. The normalized spacial score (nSPS) is 14.2. The molecule has 1 aliphatic heterocycles. The fourth-order valence-electron chi connectivity index (χ4n) is 3.83. The number of rotatable bonds is 4. The third kappa shape index (κ3) is 3.95. The number of amides is 2. The average molecular weight is 409 g/mol. The van der Waals surface area contributed by atoms with Crippen LogP contribution in [-0.4, -0.2) is 53.7 Å². The van der Waals surface area contributed by atoms with Crippen molar-refractivity contribution in [1.29, 1.82) is 0 Å². The van der Waals surface area contributed by atoms with E-state index in [1.807, 2.05) is 13.8 Å². The number of ether oxygens (including phenoxy) is 1. The first kappa shape index (κ1) is 20.2. The predicted octanol–water partition coefficient (Wildman–Crippen LogP) is 3.65. The van der Waals surface area contributed by atoms with Crippen LogP contribution in [0.2, 0.25) is 0 Å². The molecule has 1 aromatic carbocycles. The number of nitrogens with one attached hydrogen (secondary N) is 2. The number of urea groups is 1. The third-order valence-electron chi connectivity index (χ3n) is 5.09. The van der Waals surface area contributed by atoms with Gasteiger partial charge in [0.2, 0.25) is 5.71 Å².